The molecule has 0 bridgehead atoms. The van der Waals surface area contributed by atoms with Crippen LogP contribution in [0.15, 0.2) is 43.0 Å². The van der Waals surface area contributed by atoms with Crippen LogP contribution in [-0.4, -0.2) is 62.4 Å². The number of nitrogens with one attached hydrogen (secondary N) is 2. The molecule has 4 aromatic rings. The molecule has 166 valence electrons. The van der Waals surface area contributed by atoms with Crippen molar-refractivity contribution in [1.29, 1.82) is 0 Å². The van der Waals surface area contributed by atoms with E-state index in [4.69, 9.17) is 4.98 Å². The third-order valence-electron chi connectivity index (χ3n) is 6.31. The quantitative estimate of drug-likeness (QED) is 0.427. The van der Waals surface area contributed by atoms with Gasteiger partial charge in [0.25, 0.3) is 0 Å². The molecule has 9 nitrogen and oxygen atoms in total. The first kappa shape index (κ1) is 20.6. The average molecular weight is 433 g/mol. The lowest BCUT2D eigenvalue weighted by molar-refractivity contribution is 0.243. The highest BCUT2D eigenvalue weighted by molar-refractivity contribution is 6.06. The number of piperidine rings is 1. The molecule has 5 rings (SSSR count). The maximum atomic E-state index is 9.77. The molecule has 0 radical (unpaired) electrons. The zero-order chi connectivity index (χ0) is 22.1. The number of rotatable bonds is 6. The summed E-state index contributed by atoms with van der Waals surface area (Å²) in [6, 6.07) is 6.47. The Morgan fingerprint density at radius 1 is 1.09 bits per heavy atom. The number of fused-ring (bicyclic) bond motifs is 3. The molecule has 0 aliphatic carbocycles. The smallest absolute Gasteiger partial charge is 0.230 e. The van der Waals surface area contributed by atoms with Crippen LogP contribution in [0.4, 0.5) is 17.5 Å². The zero-order valence-corrected chi connectivity index (χ0v) is 18.4. The van der Waals surface area contributed by atoms with Gasteiger partial charge < -0.3 is 25.2 Å². The van der Waals surface area contributed by atoms with Gasteiger partial charge in [-0.1, -0.05) is 0 Å². The topological polar surface area (TPSA) is 104 Å². The van der Waals surface area contributed by atoms with Gasteiger partial charge in [-0.2, -0.15) is 4.98 Å². The SMILES string of the molecule is CNC1CCN(c2ccc(Nc3ncc4c5ccncc5n([C@@H](C)CO)c4n3)nc2)CC1. The zero-order valence-electron chi connectivity index (χ0n) is 18.4. The van der Waals surface area contributed by atoms with Crippen molar-refractivity contribution < 1.29 is 5.11 Å². The average Bonchev–Trinajstić information content (AvgIpc) is 3.18. The predicted molar refractivity (Wildman–Crippen MR) is 126 cm³/mol. The van der Waals surface area contributed by atoms with E-state index in [0.717, 1.165) is 53.6 Å². The van der Waals surface area contributed by atoms with Gasteiger partial charge in [0.05, 0.1) is 36.2 Å². The monoisotopic (exact) mass is 432 g/mol. The summed E-state index contributed by atoms with van der Waals surface area (Å²) in [5.41, 5.74) is 2.82. The maximum Gasteiger partial charge on any atom is 0.230 e. The minimum atomic E-state index is -0.133. The van der Waals surface area contributed by atoms with Crippen LogP contribution in [-0.2, 0) is 0 Å². The lowest BCUT2D eigenvalue weighted by Gasteiger charge is -2.33. The van der Waals surface area contributed by atoms with Gasteiger partial charge in [-0.05, 0) is 45.0 Å². The molecule has 0 unspecified atom stereocenters. The number of aliphatic hydroxyl groups is 1. The summed E-state index contributed by atoms with van der Waals surface area (Å²) in [6.07, 6.45) is 9.55. The molecule has 0 aromatic carbocycles. The molecule has 32 heavy (non-hydrogen) atoms. The highest BCUT2D eigenvalue weighted by Gasteiger charge is 2.19. The van der Waals surface area contributed by atoms with E-state index in [1.807, 2.05) is 43.1 Å². The second kappa shape index (κ2) is 8.68. The summed E-state index contributed by atoms with van der Waals surface area (Å²) in [7, 11) is 2.03. The van der Waals surface area contributed by atoms with Crippen molar-refractivity contribution in [2.75, 3.05) is 37.0 Å². The van der Waals surface area contributed by atoms with Gasteiger partial charge in [0, 0.05) is 42.3 Å². The summed E-state index contributed by atoms with van der Waals surface area (Å²) in [5.74, 6) is 1.16. The molecule has 0 spiro atoms. The molecule has 0 saturated carbocycles. The molecule has 5 heterocycles. The normalized spacial score (nSPS) is 16.0. The standard InChI is InChI=1S/C23H28N8O/c1-15(14-32)31-20-13-25-8-5-18(20)19-12-27-23(29-22(19)31)28-21-4-3-17(11-26-21)30-9-6-16(24-2)7-10-30/h3-5,8,11-13,15-16,24,32H,6-7,9-10,14H2,1-2H3,(H,26,27,28,29)/t15-/m0/s1. The van der Waals surface area contributed by atoms with E-state index in [2.05, 4.69) is 36.6 Å². The lowest BCUT2D eigenvalue weighted by Crippen LogP contribution is -2.41. The molecule has 1 saturated heterocycles. The van der Waals surface area contributed by atoms with E-state index in [9.17, 15) is 5.11 Å². The molecular weight excluding hydrogens is 404 g/mol. The number of aliphatic hydroxyl groups excluding tert-OH is 1. The number of pyridine rings is 2. The minimum absolute atomic E-state index is 0.00905. The summed E-state index contributed by atoms with van der Waals surface area (Å²) < 4.78 is 2.01. The van der Waals surface area contributed by atoms with Crippen molar-refractivity contribution in [3.63, 3.8) is 0 Å². The van der Waals surface area contributed by atoms with Crippen molar-refractivity contribution in [3.8, 4) is 0 Å². The fourth-order valence-electron chi connectivity index (χ4n) is 4.44. The molecule has 1 fully saturated rings. The summed E-state index contributed by atoms with van der Waals surface area (Å²) in [6.45, 7) is 4.03. The Hall–Kier alpha value is -3.30. The van der Waals surface area contributed by atoms with Crippen molar-refractivity contribution in [3.05, 3.63) is 43.0 Å². The Morgan fingerprint density at radius 3 is 2.66 bits per heavy atom. The fourth-order valence-corrected chi connectivity index (χ4v) is 4.44. The van der Waals surface area contributed by atoms with Crippen LogP contribution in [0.25, 0.3) is 21.9 Å². The number of hydrogen-bond acceptors (Lipinski definition) is 8. The van der Waals surface area contributed by atoms with Crippen LogP contribution in [0.1, 0.15) is 25.8 Å². The van der Waals surface area contributed by atoms with Gasteiger partial charge in [0.2, 0.25) is 5.95 Å². The fraction of sp³-hybridized carbons (Fsp3) is 0.391. The van der Waals surface area contributed by atoms with Gasteiger partial charge >= 0.3 is 0 Å². The molecule has 1 aliphatic rings. The first-order valence-corrected chi connectivity index (χ1v) is 11.0. The highest BCUT2D eigenvalue weighted by Crippen LogP contribution is 2.30. The van der Waals surface area contributed by atoms with E-state index in [1.165, 1.54) is 0 Å². The first-order valence-electron chi connectivity index (χ1n) is 11.0. The van der Waals surface area contributed by atoms with Crippen LogP contribution in [0.5, 0.6) is 0 Å². The number of nitrogens with zero attached hydrogens (tertiary/aromatic N) is 6. The number of anilines is 3. The molecule has 9 heteroatoms. The van der Waals surface area contributed by atoms with E-state index >= 15 is 0 Å². The number of aromatic nitrogens is 5. The van der Waals surface area contributed by atoms with Crippen molar-refractivity contribution in [1.82, 2.24) is 29.8 Å². The Labute approximate surface area is 186 Å². The van der Waals surface area contributed by atoms with Crippen LogP contribution in [0.3, 0.4) is 0 Å². The second-order valence-corrected chi connectivity index (χ2v) is 8.30. The molecule has 0 amide bonds. The molecular formula is C23H28N8O. The predicted octanol–water partition coefficient (Wildman–Crippen LogP) is 2.86. The third-order valence-corrected chi connectivity index (χ3v) is 6.31. The first-order chi connectivity index (χ1) is 15.7. The van der Waals surface area contributed by atoms with E-state index in [0.29, 0.717) is 17.8 Å². The summed E-state index contributed by atoms with van der Waals surface area (Å²) >= 11 is 0. The van der Waals surface area contributed by atoms with Gasteiger partial charge in [-0.25, -0.2) is 9.97 Å². The highest BCUT2D eigenvalue weighted by atomic mass is 16.3. The van der Waals surface area contributed by atoms with Gasteiger partial charge in [0.15, 0.2) is 0 Å². The largest absolute Gasteiger partial charge is 0.394 e. The maximum absolute atomic E-state index is 9.77. The molecule has 1 aliphatic heterocycles. The van der Waals surface area contributed by atoms with E-state index < -0.39 is 0 Å². The molecule has 1 atom stereocenters. The van der Waals surface area contributed by atoms with Gasteiger partial charge in [-0.15, -0.1) is 0 Å². The summed E-state index contributed by atoms with van der Waals surface area (Å²) in [5, 5.41) is 18.3. The summed E-state index contributed by atoms with van der Waals surface area (Å²) in [4.78, 5) is 20.5. The van der Waals surface area contributed by atoms with Crippen molar-refractivity contribution >= 4 is 39.4 Å². The third kappa shape index (κ3) is 3.74. The molecule has 3 N–H and O–H groups in total. The Morgan fingerprint density at radius 2 is 1.94 bits per heavy atom. The van der Waals surface area contributed by atoms with Gasteiger partial charge in [0.1, 0.15) is 11.5 Å². The van der Waals surface area contributed by atoms with Crippen LogP contribution in [0, 0.1) is 0 Å². The van der Waals surface area contributed by atoms with Crippen LogP contribution < -0.4 is 15.5 Å². The van der Waals surface area contributed by atoms with Crippen LogP contribution >= 0.6 is 0 Å². The Kier molecular flexibility index (Phi) is 5.59. The van der Waals surface area contributed by atoms with Crippen molar-refractivity contribution in [2.45, 2.75) is 31.8 Å². The number of hydrogen-bond donors (Lipinski definition) is 3. The van der Waals surface area contributed by atoms with Gasteiger partial charge in [-0.3, -0.25) is 4.98 Å². The van der Waals surface area contributed by atoms with Crippen molar-refractivity contribution in [2.24, 2.45) is 0 Å². The van der Waals surface area contributed by atoms with E-state index in [-0.39, 0.29) is 12.6 Å². The second-order valence-electron chi connectivity index (χ2n) is 8.30. The van der Waals surface area contributed by atoms with Crippen LogP contribution in [0.2, 0.25) is 0 Å². The lowest BCUT2D eigenvalue weighted by atomic mass is 10.1. The molecule has 4 aromatic heterocycles. The Balaban J connectivity index is 1.40. The van der Waals surface area contributed by atoms with E-state index in [1.54, 1.807) is 12.4 Å². The Bertz CT molecular complexity index is 1210. The minimum Gasteiger partial charge on any atom is -0.394 e.